The van der Waals surface area contributed by atoms with Crippen LogP contribution in [0.3, 0.4) is 0 Å². The molecule has 1 atom stereocenters. The minimum atomic E-state index is -4.49. The van der Waals surface area contributed by atoms with Gasteiger partial charge in [0.15, 0.2) is 0 Å². The number of piperidine rings is 1. The van der Waals surface area contributed by atoms with E-state index in [-0.39, 0.29) is 19.0 Å². The number of anilines is 1. The van der Waals surface area contributed by atoms with Crippen LogP contribution in [0.4, 0.5) is 19.0 Å². The van der Waals surface area contributed by atoms with Crippen molar-refractivity contribution in [2.45, 2.75) is 25.6 Å². The van der Waals surface area contributed by atoms with E-state index >= 15 is 0 Å². The number of hydrogen-bond donors (Lipinski definition) is 0. The maximum atomic E-state index is 13.2. The Hall–Kier alpha value is -1.80. The minimum absolute atomic E-state index is 0.115. The molecule has 0 aliphatic carbocycles. The number of pyridine rings is 1. The summed E-state index contributed by atoms with van der Waals surface area (Å²) in [6.45, 7) is 0.693. The van der Waals surface area contributed by atoms with Crippen LogP contribution in [0.2, 0.25) is 4.34 Å². The fraction of sp³-hybridized carbons (Fsp3) is 0.412. The first kappa shape index (κ1) is 19.0. The van der Waals surface area contributed by atoms with E-state index in [1.807, 2.05) is 0 Å². The Labute approximate surface area is 157 Å². The predicted molar refractivity (Wildman–Crippen MR) is 93.3 cm³/mol. The van der Waals surface area contributed by atoms with Crippen molar-refractivity contribution in [2.75, 3.05) is 18.0 Å². The van der Waals surface area contributed by atoms with E-state index in [0.29, 0.717) is 23.7 Å². The molecular formula is C17H16ClF3N2O2S. The summed E-state index contributed by atoms with van der Waals surface area (Å²) < 4.78 is 45.5. The second kappa shape index (κ2) is 7.84. The molecule has 1 aliphatic rings. The first-order valence-corrected chi connectivity index (χ1v) is 9.22. The number of hydrogen-bond acceptors (Lipinski definition) is 5. The molecule has 1 fully saturated rings. The molecule has 3 heterocycles. The van der Waals surface area contributed by atoms with E-state index in [1.165, 1.54) is 28.5 Å². The van der Waals surface area contributed by atoms with Gasteiger partial charge in [0, 0.05) is 24.2 Å². The van der Waals surface area contributed by atoms with Gasteiger partial charge in [-0.3, -0.25) is 4.79 Å². The summed E-state index contributed by atoms with van der Waals surface area (Å²) in [4.78, 5) is 18.6. The van der Waals surface area contributed by atoms with Crippen LogP contribution in [0.25, 0.3) is 0 Å². The van der Waals surface area contributed by atoms with Crippen LogP contribution in [-0.2, 0) is 22.3 Å². The van der Waals surface area contributed by atoms with Crippen LogP contribution in [0, 0.1) is 5.92 Å². The molecule has 0 radical (unpaired) electrons. The zero-order valence-corrected chi connectivity index (χ0v) is 15.2. The third-order valence-corrected chi connectivity index (χ3v) is 5.34. The topological polar surface area (TPSA) is 42.4 Å². The maximum Gasteiger partial charge on any atom is 0.419 e. The monoisotopic (exact) mass is 404 g/mol. The summed E-state index contributed by atoms with van der Waals surface area (Å²) >= 11 is 7.16. The molecule has 1 saturated heterocycles. The average Bonchev–Trinajstić information content (AvgIpc) is 3.04. The molecular weight excluding hydrogens is 389 g/mol. The maximum absolute atomic E-state index is 13.2. The molecule has 0 N–H and O–H groups in total. The third-order valence-electron chi connectivity index (χ3n) is 4.13. The van der Waals surface area contributed by atoms with Crippen LogP contribution in [0.1, 0.15) is 23.3 Å². The lowest BCUT2D eigenvalue weighted by Gasteiger charge is -2.33. The highest BCUT2D eigenvalue weighted by Crippen LogP contribution is 2.36. The van der Waals surface area contributed by atoms with Crippen molar-refractivity contribution in [3.63, 3.8) is 0 Å². The van der Waals surface area contributed by atoms with E-state index in [2.05, 4.69) is 4.98 Å². The highest BCUT2D eigenvalue weighted by Gasteiger charge is 2.37. The zero-order chi connectivity index (χ0) is 18.7. The smallest absolute Gasteiger partial charge is 0.419 e. The number of ether oxygens (including phenoxy) is 1. The summed E-state index contributed by atoms with van der Waals surface area (Å²) in [5, 5.41) is 0. The lowest BCUT2D eigenvalue weighted by atomic mass is 9.98. The Bertz CT molecular complexity index is 781. The molecule has 0 amide bonds. The van der Waals surface area contributed by atoms with Gasteiger partial charge in [0.1, 0.15) is 12.4 Å². The molecule has 0 saturated carbocycles. The van der Waals surface area contributed by atoms with Gasteiger partial charge in [0.25, 0.3) is 0 Å². The Morgan fingerprint density at radius 3 is 2.88 bits per heavy atom. The van der Waals surface area contributed by atoms with Crippen LogP contribution in [-0.4, -0.2) is 24.0 Å². The SMILES string of the molecule is O=C(OCc1ccc(Cl)s1)C1CCCN(c2ncccc2C(F)(F)F)C1. The normalized spacial score (nSPS) is 18.0. The second-order valence-corrected chi connectivity index (χ2v) is 7.77. The standard InChI is InChI=1S/C17H16ClF3N2O2S/c18-14-6-5-12(26-14)10-25-16(24)11-3-2-8-23(9-11)15-13(17(19,20)21)4-1-7-22-15/h1,4-7,11H,2-3,8-10H2. The summed E-state index contributed by atoms with van der Waals surface area (Å²) in [7, 11) is 0. The van der Waals surface area contributed by atoms with Gasteiger partial charge < -0.3 is 9.64 Å². The van der Waals surface area contributed by atoms with Gasteiger partial charge in [-0.25, -0.2) is 4.98 Å². The van der Waals surface area contributed by atoms with Crippen LogP contribution >= 0.6 is 22.9 Å². The molecule has 1 aliphatic heterocycles. The van der Waals surface area contributed by atoms with Crippen LogP contribution < -0.4 is 4.90 Å². The predicted octanol–water partition coefficient (Wildman–Crippen LogP) is 4.78. The Balaban J connectivity index is 1.67. The second-order valence-electron chi connectivity index (χ2n) is 5.97. The number of nitrogens with zero attached hydrogens (tertiary/aromatic N) is 2. The van der Waals surface area contributed by atoms with Crippen LogP contribution in [0.5, 0.6) is 0 Å². The number of carbonyl (C=O) groups excluding carboxylic acids is 1. The number of carbonyl (C=O) groups is 1. The summed E-state index contributed by atoms with van der Waals surface area (Å²) in [5.41, 5.74) is -0.790. The number of rotatable bonds is 4. The van der Waals surface area contributed by atoms with E-state index in [9.17, 15) is 18.0 Å². The number of thiophene rings is 1. The number of esters is 1. The van der Waals surface area contributed by atoms with Crippen molar-refractivity contribution in [3.05, 3.63) is 45.2 Å². The van der Waals surface area contributed by atoms with Gasteiger partial charge in [-0.1, -0.05) is 11.6 Å². The van der Waals surface area contributed by atoms with Gasteiger partial charge in [-0.15, -0.1) is 11.3 Å². The molecule has 0 bridgehead atoms. The molecule has 2 aromatic heterocycles. The molecule has 9 heteroatoms. The third kappa shape index (κ3) is 4.48. The number of halogens is 4. The first-order chi connectivity index (χ1) is 12.3. The highest BCUT2D eigenvalue weighted by molar-refractivity contribution is 7.16. The Morgan fingerprint density at radius 2 is 2.19 bits per heavy atom. The Morgan fingerprint density at radius 1 is 1.38 bits per heavy atom. The molecule has 140 valence electrons. The largest absolute Gasteiger partial charge is 0.460 e. The molecule has 2 aromatic rings. The van der Waals surface area contributed by atoms with Crippen LogP contribution in [0.15, 0.2) is 30.5 Å². The molecule has 26 heavy (non-hydrogen) atoms. The van der Waals surface area contributed by atoms with Crippen molar-refractivity contribution in [3.8, 4) is 0 Å². The average molecular weight is 405 g/mol. The first-order valence-electron chi connectivity index (χ1n) is 8.02. The Kier molecular flexibility index (Phi) is 5.72. The lowest BCUT2D eigenvalue weighted by Crippen LogP contribution is -2.40. The number of alkyl halides is 3. The molecule has 0 aromatic carbocycles. The molecule has 4 nitrogen and oxygen atoms in total. The fourth-order valence-corrected chi connectivity index (χ4v) is 3.92. The fourth-order valence-electron chi connectivity index (χ4n) is 2.92. The van der Waals surface area contributed by atoms with Crippen molar-refractivity contribution >= 4 is 34.7 Å². The highest BCUT2D eigenvalue weighted by atomic mass is 35.5. The van der Waals surface area contributed by atoms with Gasteiger partial charge in [0.05, 0.1) is 15.8 Å². The summed E-state index contributed by atoms with van der Waals surface area (Å²) in [5.74, 6) is -1.03. The summed E-state index contributed by atoms with van der Waals surface area (Å²) in [6, 6.07) is 5.76. The summed E-state index contributed by atoms with van der Waals surface area (Å²) in [6.07, 6.45) is -1.99. The molecule has 1 unspecified atom stereocenters. The zero-order valence-electron chi connectivity index (χ0n) is 13.6. The van der Waals surface area contributed by atoms with Gasteiger partial charge in [0.2, 0.25) is 0 Å². The van der Waals surface area contributed by atoms with E-state index in [1.54, 1.807) is 12.1 Å². The van der Waals surface area contributed by atoms with Crippen molar-refractivity contribution < 1.29 is 22.7 Å². The van der Waals surface area contributed by atoms with Gasteiger partial charge in [-0.2, -0.15) is 13.2 Å². The van der Waals surface area contributed by atoms with Crippen molar-refractivity contribution in [1.82, 2.24) is 4.98 Å². The minimum Gasteiger partial charge on any atom is -0.460 e. The lowest BCUT2D eigenvalue weighted by molar-refractivity contribution is -0.150. The quantitative estimate of drug-likeness (QED) is 0.688. The van der Waals surface area contributed by atoms with Gasteiger partial charge in [-0.05, 0) is 37.1 Å². The van der Waals surface area contributed by atoms with E-state index < -0.39 is 23.6 Å². The van der Waals surface area contributed by atoms with Crippen molar-refractivity contribution in [1.29, 1.82) is 0 Å². The molecule has 0 spiro atoms. The van der Waals surface area contributed by atoms with Gasteiger partial charge >= 0.3 is 12.1 Å². The van der Waals surface area contributed by atoms with E-state index in [4.69, 9.17) is 16.3 Å². The molecule has 3 rings (SSSR count). The van der Waals surface area contributed by atoms with E-state index in [0.717, 1.165) is 10.9 Å². The van der Waals surface area contributed by atoms with Crippen molar-refractivity contribution in [2.24, 2.45) is 5.92 Å². The number of aromatic nitrogens is 1.